The highest BCUT2D eigenvalue weighted by atomic mass is 16.3. The van der Waals surface area contributed by atoms with Crippen molar-refractivity contribution in [2.24, 2.45) is 11.7 Å². The molecule has 1 aliphatic carbocycles. The van der Waals surface area contributed by atoms with Crippen LogP contribution in [0.2, 0.25) is 0 Å². The van der Waals surface area contributed by atoms with Gasteiger partial charge in [0.05, 0.1) is 12.1 Å². The molecule has 0 saturated heterocycles. The minimum absolute atomic E-state index is 0.0906. The average molecular weight is 428 g/mol. The molecule has 3 rings (SSSR count). The van der Waals surface area contributed by atoms with Crippen molar-refractivity contribution in [1.29, 1.82) is 0 Å². The summed E-state index contributed by atoms with van der Waals surface area (Å²) >= 11 is 0. The van der Waals surface area contributed by atoms with E-state index in [0.29, 0.717) is 35.0 Å². The number of carbonyl (C=O) groups excluding carboxylic acids is 1. The van der Waals surface area contributed by atoms with Crippen LogP contribution in [0.25, 0.3) is 0 Å². The van der Waals surface area contributed by atoms with Crippen molar-refractivity contribution in [3.05, 3.63) is 29.3 Å². The van der Waals surface area contributed by atoms with Gasteiger partial charge < -0.3 is 26.4 Å². The fourth-order valence-electron chi connectivity index (χ4n) is 3.76. The number of nitrogens with two attached hydrogens (primary N) is 1. The van der Waals surface area contributed by atoms with E-state index >= 15 is 0 Å². The fourth-order valence-corrected chi connectivity index (χ4v) is 3.76. The van der Waals surface area contributed by atoms with Gasteiger partial charge in [0.25, 0.3) is 0 Å². The van der Waals surface area contributed by atoms with Gasteiger partial charge in [-0.15, -0.1) is 0 Å². The van der Waals surface area contributed by atoms with Crippen LogP contribution in [-0.2, 0) is 0 Å². The van der Waals surface area contributed by atoms with E-state index in [-0.39, 0.29) is 6.04 Å². The fraction of sp³-hybridized carbons (Fsp3) is 0.545. The summed E-state index contributed by atoms with van der Waals surface area (Å²) in [6, 6.07) is 5.12. The Balaban J connectivity index is 1.92. The zero-order valence-corrected chi connectivity index (χ0v) is 18.7. The van der Waals surface area contributed by atoms with Gasteiger partial charge in [-0.05, 0) is 43.4 Å². The summed E-state index contributed by atoms with van der Waals surface area (Å²) in [6.07, 6.45) is 3.30. The second-order valence-corrected chi connectivity index (χ2v) is 8.68. The maximum Gasteiger partial charge on any atom is 0.248 e. The van der Waals surface area contributed by atoms with E-state index in [4.69, 9.17) is 5.73 Å². The van der Waals surface area contributed by atoms with Crippen molar-refractivity contribution >= 4 is 29.4 Å². The number of aliphatic hydroxyl groups excluding tert-OH is 1. The van der Waals surface area contributed by atoms with Crippen LogP contribution < -0.4 is 21.3 Å². The SMILES string of the molecule is Cc1ccc(C(N)=O)cc1Nc1nc(N[C@@H]2CCCC[C@H]2O)nc(N(C)CC(C)C)n1. The number of hydrogen-bond donors (Lipinski definition) is 4. The minimum Gasteiger partial charge on any atom is -0.391 e. The standard InChI is InChI=1S/C22H33N7O2/c1-13(2)12-29(4)22-27-20(24-16-7-5-6-8-18(16)30)26-21(28-22)25-17-11-15(19(23)31)10-9-14(17)3/h9-11,13,16,18,30H,5-8,12H2,1-4H3,(H2,23,31)(H2,24,25,26,27,28)/t16-,18-/m1/s1. The molecule has 1 aliphatic rings. The van der Waals surface area contributed by atoms with E-state index in [9.17, 15) is 9.90 Å². The number of nitrogens with zero attached hydrogens (tertiary/aromatic N) is 4. The monoisotopic (exact) mass is 427 g/mol. The molecular formula is C22H33N7O2. The van der Waals surface area contributed by atoms with Gasteiger partial charge in [-0.1, -0.05) is 32.8 Å². The highest BCUT2D eigenvalue weighted by Crippen LogP contribution is 2.25. The van der Waals surface area contributed by atoms with Crippen molar-refractivity contribution in [2.75, 3.05) is 29.1 Å². The summed E-state index contributed by atoms with van der Waals surface area (Å²) in [5, 5.41) is 16.9. The van der Waals surface area contributed by atoms with E-state index in [0.717, 1.165) is 37.8 Å². The van der Waals surface area contributed by atoms with Gasteiger partial charge in [0.2, 0.25) is 23.8 Å². The third-order valence-electron chi connectivity index (χ3n) is 5.42. The zero-order valence-electron chi connectivity index (χ0n) is 18.7. The maximum atomic E-state index is 11.6. The number of anilines is 4. The van der Waals surface area contributed by atoms with Crippen LogP contribution in [-0.4, -0.2) is 51.7 Å². The molecule has 1 fully saturated rings. The third-order valence-corrected chi connectivity index (χ3v) is 5.42. The van der Waals surface area contributed by atoms with Gasteiger partial charge in [0.15, 0.2) is 0 Å². The molecule has 0 radical (unpaired) electrons. The summed E-state index contributed by atoms with van der Waals surface area (Å²) in [6.45, 7) is 6.98. The number of carbonyl (C=O) groups is 1. The molecule has 2 aromatic rings. The number of amides is 1. The maximum absolute atomic E-state index is 11.6. The lowest BCUT2D eigenvalue weighted by molar-refractivity contribution is 0.1000. The van der Waals surface area contributed by atoms with Gasteiger partial charge in [0, 0.05) is 24.8 Å². The first kappa shape index (κ1) is 22.7. The van der Waals surface area contributed by atoms with Crippen LogP contribution in [0.3, 0.4) is 0 Å². The smallest absolute Gasteiger partial charge is 0.248 e. The lowest BCUT2D eigenvalue weighted by atomic mass is 9.93. The molecule has 31 heavy (non-hydrogen) atoms. The normalized spacial score (nSPS) is 18.6. The zero-order chi connectivity index (χ0) is 22.5. The molecule has 0 bridgehead atoms. The Hall–Kier alpha value is -2.94. The van der Waals surface area contributed by atoms with Crippen LogP contribution >= 0.6 is 0 Å². The average Bonchev–Trinajstić information content (AvgIpc) is 2.70. The van der Waals surface area contributed by atoms with E-state index < -0.39 is 12.0 Å². The largest absolute Gasteiger partial charge is 0.391 e. The second-order valence-electron chi connectivity index (χ2n) is 8.68. The Morgan fingerprint density at radius 2 is 1.94 bits per heavy atom. The first-order valence-corrected chi connectivity index (χ1v) is 10.8. The number of aryl methyl sites for hydroxylation is 1. The summed E-state index contributed by atoms with van der Waals surface area (Å²) in [7, 11) is 1.94. The predicted molar refractivity (Wildman–Crippen MR) is 123 cm³/mol. The number of primary amides is 1. The molecule has 2 atom stereocenters. The molecule has 9 nitrogen and oxygen atoms in total. The molecule has 168 valence electrons. The Morgan fingerprint density at radius 3 is 2.61 bits per heavy atom. The van der Waals surface area contributed by atoms with Gasteiger partial charge in [0.1, 0.15) is 0 Å². The number of nitrogens with one attached hydrogen (secondary N) is 2. The molecule has 9 heteroatoms. The van der Waals surface area contributed by atoms with Gasteiger partial charge >= 0.3 is 0 Å². The van der Waals surface area contributed by atoms with E-state index in [1.165, 1.54) is 0 Å². The van der Waals surface area contributed by atoms with E-state index in [1.807, 2.05) is 24.9 Å². The van der Waals surface area contributed by atoms with Crippen molar-refractivity contribution in [3.8, 4) is 0 Å². The summed E-state index contributed by atoms with van der Waals surface area (Å²) in [4.78, 5) is 27.3. The van der Waals surface area contributed by atoms with Crippen molar-refractivity contribution in [3.63, 3.8) is 0 Å². The van der Waals surface area contributed by atoms with Crippen LogP contribution in [0, 0.1) is 12.8 Å². The van der Waals surface area contributed by atoms with Crippen LogP contribution in [0.5, 0.6) is 0 Å². The summed E-state index contributed by atoms with van der Waals surface area (Å²) in [5.41, 5.74) is 7.46. The van der Waals surface area contributed by atoms with Crippen LogP contribution in [0.4, 0.5) is 23.5 Å². The molecule has 1 aromatic heterocycles. The first-order chi connectivity index (χ1) is 14.7. The van der Waals surface area contributed by atoms with Crippen LogP contribution in [0.15, 0.2) is 18.2 Å². The molecule has 0 unspecified atom stereocenters. The highest BCUT2D eigenvalue weighted by Gasteiger charge is 2.24. The third kappa shape index (κ3) is 6.04. The van der Waals surface area contributed by atoms with E-state index in [2.05, 4.69) is 39.4 Å². The Kier molecular flexibility index (Phi) is 7.27. The molecule has 0 aliphatic heterocycles. The summed E-state index contributed by atoms with van der Waals surface area (Å²) in [5.74, 6) is 1.24. The first-order valence-electron chi connectivity index (χ1n) is 10.8. The van der Waals surface area contributed by atoms with E-state index in [1.54, 1.807) is 12.1 Å². The van der Waals surface area contributed by atoms with Crippen molar-refractivity contribution in [1.82, 2.24) is 15.0 Å². The second kappa shape index (κ2) is 9.91. The van der Waals surface area contributed by atoms with Gasteiger partial charge in [-0.3, -0.25) is 4.79 Å². The van der Waals surface area contributed by atoms with Gasteiger partial charge in [-0.2, -0.15) is 15.0 Å². The summed E-state index contributed by atoms with van der Waals surface area (Å²) < 4.78 is 0. The van der Waals surface area contributed by atoms with Crippen molar-refractivity contribution < 1.29 is 9.90 Å². The molecule has 1 heterocycles. The predicted octanol–water partition coefficient (Wildman–Crippen LogP) is 2.83. The quantitative estimate of drug-likeness (QED) is 0.506. The topological polar surface area (TPSA) is 129 Å². The number of hydrogen-bond acceptors (Lipinski definition) is 8. The molecule has 1 amide bonds. The molecular weight excluding hydrogens is 394 g/mol. The highest BCUT2D eigenvalue weighted by molar-refractivity contribution is 5.94. The van der Waals surface area contributed by atoms with Gasteiger partial charge in [-0.25, -0.2) is 0 Å². The molecule has 1 saturated carbocycles. The van der Waals surface area contributed by atoms with Crippen LogP contribution in [0.1, 0.15) is 55.5 Å². The number of aliphatic hydroxyl groups is 1. The molecule has 5 N–H and O–H groups in total. The lowest BCUT2D eigenvalue weighted by Gasteiger charge is -2.28. The lowest BCUT2D eigenvalue weighted by Crippen LogP contribution is -2.37. The molecule has 1 aromatic carbocycles. The number of benzene rings is 1. The number of aromatic nitrogens is 3. The molecule has 0 spiro atoms. The Morgan fingerprint density at radius 1 is 1.23 bits per heavy atom. The Bertz CT molecular complexity index is 919. The number of rotatable bonds is 8. The minimum atomic E-state index is -0.496. The Labute approximate surface area is 183 Å². The van der Waals surface area contributed by atoms with Crippen molar-refractivity contribution in [2.45, 2.75) is 58.6 Å².